The van der Waals surface area contributed by atoms with Crippen LogP contribution in [0.15, 0.2) is 36.9 Å². The summed E-state index contributed by atoms with van der Waals surface area (Å²) >= 11 is 6.27. The van der Waals surface area contributed by atoms with Gasteiger partial charge in [0.1, 0.15) is 17.7 Å². The first-order valence-electron chi connectivity index (χ1n) is 7.85. The SMILES string of the molecule is CNc1nc2c(Cl)cccc2cc1[C@H](C)Nc1ncnc2[nH]cnc12. The van der Waals surface area contributed by atoms with Crippen LogP contribution in [0.25, 0.3) is 22.1 Å². The third-order valence-corrected chi connectivity index (χ3v) is 4.40. The molecule has 0 fully saturated rings. The second kappa shape index (κ2) is 6.18. The predicted octanol–water partition coefficient (Wildman–Crippen LogP) is 3.77. The fourth-order valence-electron chi connectivity index (χ4n) is 2.86. The summed E-state index contributed by atoms with van der Waals surface area (Å²) in [6.45, 7) is 2.05. The number of benzene rings is 1. The lowest BCUT2D eigenvalue weighted by molar-refractivity contribution is 0.872. The fraction of sp³-hybridized carbons (Fsp3) is 0.176. The second-order valence-electron chi connectivity index (χ2n) is 5.68. The molecule has 8 heteroatoms. The van der Waals surface area contributed by atoms with Gasteiger partial charge in [-0.15, -0.1) is 0 Å². The minimum absolute atomic E-state index is 0.0480. The number of nitrogens with zero attached hydrogens (tertiary/aromatic N) is 4. The average Bonchev–Trinajstić information content (AvgIpc) is 3.11. The third-order valence-electron chi connectivity index (χ3n) is 4.10. The molecule has 0 bridgehead atoms. The molecule has 0 saturated heterocycles. The number of hydrogen-bond donors (Lipinski definition) is 3. The van der Waals surface area contributed by atoms with E-state index >= 15 is 0 Å². The van der Waals surface area contributed by atoms with Crippen molar-refractivity contribution < 1.29 is 0 Å². The van der Waals surface area contributed by atoms with E-state index in [9.17, 15) is 0 Å². The Bertz CT molecular complexity index is 1060. The molecule has 3 aromatic heterocycles. The highest BCUT2D eigenvalue weighted by molar-refractivity contribution is 6.35. The maximum Gasteiger partial charge on any atom is 0.162 e. The number of anilines is 2. The molecule has 0 amide bonds. The number of pyridine rings is 1. The van der Waals surface area contributed by atoms with Crippen LogP contribution in [-0.2, 0) is 0 Å². The summed E-state index contributed by atoms with van der Waals surface area (Å²) < 4.78 is 0. The van der Waals surface area contributed by atoms with E-state index in [1.807, 2.05) is 25.2 Å². The number of aromatic nitrogens is 5. The molecule has 0 radical (unpaired) electrons. The molecule has 0 spiro atoms. The zero-order chi connectivity index (χ0) is 17.4. The summed E-state index contributed by atoms with van der Waals surface area (Å²) in [7, 11) is 1.85. The first-order chi connectivity index (χ1) is 12.2. The Labute approximate surface area is 148 Å². The molecule has 7 nitrogen and oxygen atoms in total. The van der Waals surface area contributed by atoms with Crippen LogP contribution in [-0.4, -0.2) is 32.0 Å². The van der Waals surface area contributed by atoms with Gasteiger partial charge in [-0.05, 0) is 19.1 Å². The lowest BCUT2D eigenvalue weighted by Crippen LogP contribution is -2.12. The largest absolute Gasteiger partial charge is 0.373 e. The molecule has 3 heterocycles. The molecule has 4 rings (SSSR count). The van der Waals surface area contributed by atoms with E-state index in [-0.39, 0.29) is 6.04 Å². The number of fused-ring (bicyclic) bond motifs is 2. The van der Waals surface area contributed by atoms with Crippen molar-refractivity contribution in [1.82, 2.24) is 24.9 Å². The Kier molecular flexibility index (Phi) is 3.85. The number of H-pyrrole nitrogens is 1. The standard InChI is InChI=1S/C17H16ClN7/c1-9(24-17-14-16(21-7-20-14)22-8-23-17)11-6-10-4-3-5-12(18)13(10)25-15(11)19-2/h3-9H,1-2H3,(H,19,25)(H2,20,21,22,23,24)/t9-/m0/s1. The second-order valence-corrected chi connectivity index (χ2v) is 6.08. The van der Waals surface area contributed by atoms with Gasteiger partial charge in [0.05, 0.1) is 22.9 Å². The summed E-state index contributed by atoms with van der Waals surface area (Å²) in [5.74, 6) is 1.44. The van der Waals surface area contributed by atoms with Crippen molar-refractivity contribution in [2.24, 2.45) is 0 Å². The van der Waals surface area contributed by atoms with Crippen molar-refractivity contribution in [3.8, 4) is 0 Å². The van der Waals surface area contributed by atoms with E-state index in [4.69, 9.17) is 11.6 Å². The van der Waals surface area contributed by atoms with Gasteiger partial charge in [0, 0.05) is 18.0 Å². The Morgan fingerprint density at radius 1 is 1.12 bits per heavy atom. The van der Waals surface area contributed by atoms with E-state index in [2.05, 4.69) is 48.5 Å². The summed E-state index contributed by atoms with van der Waals surface area (Å²) in [4.78, 5) is 20.4. The van der Waals surface area contributed by atoms with Crippen molar-refractivity contribution >= 4 is 45.3 Å². The Morgan fingerprint density at radius 3 is 2.84 bits per heavy atom. The molecule has 1 atom stereocenters. The van der Waals surface area contributed by atoms with E-state index in [0.717, 1.165) is 22.3 Å². The number of rotatable bonds is 4. The van der Waals surface area contributed by atoms with Crippen LogP contribution in [0.1, 0.15) is 18.5 Å². The number of imidazole rings is 1. The summed E-state index contributed by atoms with van der Waals surface area (Å²) in [5.41, 5.74) is 3.19. The average molecular weight is 354 g/mol. The van der Waals surface area contributed by atoms with E-state index < -0.39 is 0 Å². The maximum atomic E-state index is 6.27. The van der Waals surface area contributed by atoms with Crippen molar-refractivity contribution in [2.45, 2.75) is 13.0 Å². The predicted molar refractivity (Wildman–Crippen MR) is 100 cm³/mol. The van der Waals surface area contributed by atoms with E-state index in [1.165, 1.54) is 6.33 Å². The molecule has 0 saturated carbocycles. The number of nitrogens with one attached hydrogen (secondary N) is 3. The van der Waals surface area contributed by atoms with E-state index in [1.54, 1.807) is 6.33 Å². The van der Waals surface area contributed by atoms with Gasteiger partial charge in [0.2, 0.25) is 0 Å². The lowest BCUT2D eigenvalue weighted by Gasteiger charge is -2.19. The van der Waals surface area contributed by atoms with Crippen LogP contribution < -0.4 is 10.6 Å². The Morgan fingerprint density at radius 2 is 2.00 bits per heavy atom. The van der Waals surface area contributed by atoms with Crippen molar-refractivity contribution in [3.63, 3.8) is 0 Å². The fourth-order valence-corrected chi connectivity index (χ4v) is 3.09. The first-order valence-corrected chi connectivity index (χ1v) is 8.22. The van der Waals surface area contributed by atoms with Gasteiger partial charge in [-0.2, -0.15) is 0 Å². The Hall–Kier alpha value is -2.93. The summed E-state index contributed by atoms with van der Waals surface area (Å²) in [6.07, 6.45) is 3.11. The molecule has 3 N–H and O–H groups in total. The molecule has 0 aliphatic heterocycles. The topological polar surface area (TPSA) is 91.4 Å². The minimum Gasteiger partial charge on any atom is -0.373 e. The highest BCUT2D eigenvalue weighted by atomic mass is 35.5. The first kappa shape index (κ1) is 15.6. The highest BCUT2D eigenvalue weighted by Gasteiger charge is 2.16. The van der Waals surface area contributed by atoms with Gasteiger partial charge in [-0.1, -0.05) is 23.7 Å². The van der Waals surface area contributed by atoms with Gasteiger partial charge >= 0.3 is 0 Å². The van der Waals surface area contributed by atoms with Gasteiger partial charge in [0.25, 0.3) is 0 Å². The van der Waals surface area contributed by atoms with Crippen molar-refractivity contribution in [3.05, 3.63) is 47.5 Å². The third kappa shape index (κ3) is 2.72. The molecular formula is C17H16ClN7. The number of halogens is 1. The van der Waals surface area contributed by atoms with Crippen molar-refractivity contribution in [2.75, 3.05) is 17.7 Å². The zero-order valence-corrected chi connectivity index (χ0v) is 14.5. The maximum absolute atomic E-state index is 6.27. The monoisotopic (exact) mass is 353 g/mol. The molecular weight excluding hydrogens is 338 g/mol. The molecule has 126 valence electrons. The number of hydrogen-bond acceptors (Lipinski definition) is 6. The van der Waals surface area contributed by atoms with Crippen LogP contribution in [0.5, 0.6) is 0 Å². The number of aromatic amines is 1. The van der Waals surface area contributed by atoms with Crippen LogP contribution in [0.4, 0.5) is 11.6 Å². The van der Waals surface area contributed by atoms with Gasteiger partial charge in [-0.3, -0.25) is 0 Å². The summed E-state index contributed by atoms with van der Waals surface area (Å²) in [5, 5.41) is 8.17. The molecule has 4 aromatic rings. The normalized spacial score (nSPS) is 12.4. The van der Waals surface area contributed by atoms with Gasteiger partial charge in [-0.25, -0.2) is 19.9 Å². The molecule has 25 heavy (non-hydrogen) atoms. The smallest absolute Gasteiger partial charge is 0.162 e. The molecule has 0 aliphatic rings. The zero-order valence-electron chi connectivity index (χ0n) is 13.7. The van der Waals surface area contributed by atoms with Crippen molar-refractivity contribution in [1.29, 1.82) is 0 Å². The van der Waals surface area contributed by atoms with E-state index in [0.29, 0.717) is 22.0 Å². The molecule has 1 aromatic carbocycles. The minimum atomic E-state index is -0.0480. The van der Waals surface area contributed by atoms with Crippen LogP contribution in [0, 0.1) is 0 Å². The lowest BCUT2D eigenvalue weighted by atomic mass is 10.1. The van der Waals surface area contributed by atoms with Gasteiger partial charge < -0.3 is 15.6 Å². The molecule has 0 aliphatic carbocycles. The quantitative estimate of drug-likeness (QED) is 0.517. The van der Waals surface area contributed by atoms with Crippen LogP contribution >= 0.6 is 11.6 Å². The van der Waals surface area contributed by atoms with Crippen LogP contribution in [0.2, 0.25) is 5.02 Å². The van der Waals surface area contributed by atoms with Gasteiger partial charge in [0.15, 0.2) is 11.5 Å². The van der Waals surface area contributed by atoms with Crippen LogP contribution in [0.3, 0.4) is 0 Å². The highest BCUT2D eigenvalue weighted by Crippen LogP contribution is 2.31. The Balaban J connectivity index is 1.76. The summed E-state index contributed by atoms with van der Waals surface area (Å²) in [6, 6.07) is 7.80. The number of para-hydroxylation sites is 1. The molecule has 0 unspecified atom stereocenters.